The number of cyclic esters (lactones) is 1. The molecular weight excluding hydrogens is 410 g/mol. The summed E-state index contributed by atoms with van der Waals surface area (Å²) < 4.78 is 6.06. The van der Waals surface area contributed by atoms with Crippen molar-refractivity contribution in [1.29, 1.82) is 0 Å². The van der Waals surface area contributed by atoms with Gasteiger partial charge in [0.2, 0.25) is 0 Å². The van der Waals surface area contributed by atoms with Gasteiger partial charge in [-0.05, 0) is 54.8 Å². The maximum Gasteiger partial charge on any atom is 0.338 e. The highest BCUT2D eigenvalue weighted by Gasteiger charge is 2.34. The van der Waals surface area contributed by atoms with Crippen LogP contribution in [0.25, 0.3) is 0 Å². The van der Waals surface area contributed by atoms with Crippen molar-refractivity contribution < 1.29 is 19.4 Å². The minimum absolute atomic E-state index is 0.0308. The number of hydrogen-bond donors (Lipinski definition) is 1. The molecule has 2 aromatic carbocycles. The van der Waals surface area contributed by atoms with E-state index in [0.717, 1.165) is 21.2 Å². The predicted molar refractivity (Wildman–Crippen MR) is 104 cm³/mol. The molecular formula is C21H20BrNO4. The normalized spacial score (nSPS) is 21.7. The van der Waals surface area contributed by atoms with Gasteiger partial charge in [-0.2, -0.15) is 0 Å². The number of nitrogens with zero attached hydrogens (tertiary/aromatic N) is 1. The third-order valence-electron chi connectivity index (χ3n) is 5.56. The molecule has 0 spiro atoms. The van der Waals surface area contributed by atoms with E-state index in [1.807, 2.05) is 25.1 Å². The average molecular weight is 430 g/mol. The fraction of sp³-hybridized carbons (Fsp3) is 0.333. The first kappa shape index (κ1) is 18.2. The van der Waals surface area contributed by atoms with Gasteiger partial charge in [0.15, 0.2) is 0 Å². The molecule has 27 heavy (non-hydrogen) atoms. The zero-order valence-electron chi connectivity index (χ0n) is 14.9. The minimum Gasteiger partial charge on any atom is -0.457 e. The lowest BCUT2D eigenvalue weighted by molar-refractivity contribution is 0.0443. The Morgan fingerprint density at radius 3 is 2.70 bits per heavy atom. The number of carbonyl (C=O) groups excluding carboxylic acids is 2. The number of carbonyl (C=O) groups is 2. The number of halogens is 1. The maximum absolute atomic E-state index is 12.9. The number of rotatable bonds is 2. The van der Waals surface area contributed by atoms with E-state index in [2.05, 4.69) is 15.9 Å². The first-order valence-corrected chi connectivity index (χ1v) is 9.77. The summed E-state index contributed by atoms with van der Waals surface area (Å²) in [6, 6.07) is 11.0. The van der Waals surface area contributed by atoms with E-state index >= 15 is 0 Å². The van der Waals surface area contributed by atoms with Crippen LogP contribution in [0.5, 0.6) is 0 Å². The summed E-state index contributed by atoms with van der Waals surface area (Å²) in [6.07, 6.45) is 0.00699. The van der Waals surface area contributed by atoms with E-state index < -0.39 is 6.10 Å². The summed E-state index contributed by atoms with van der Waals surface area (Å²) >= 11 is 3.38. The van der Waals surface area contributed by atoms with Gasteiger partial charge in [0.1, 0.15) is 6.61 Å². The lowest BCUT2D eigenvalue weighted by atomic mass is 9.83. The monoisotopic (exact) mass is 429 g/mol. The zero-order chi connectivity index (χ0) is 19.1. The topological polar surface area (TPSA) is 66.8 Å². The number of amides is 1. The number of benzene rings is 2. The van der Waals surface area contributed by atoms with Gasteiger partial charge in [0.25, 0.3) is 5.91 Å². The summed E-state index contributed by atoms with van der Waals surface area (Å²) in [7, 11) is 0. The van der Waals surface area contributed by atoms with Crippen molar-refractivity contribution in [3.63, 3.8) is 0 Å². The molecule has 140 valence electrons. The highest BCUT2D eigenvalue weighted by atomic mass is 79.9. The average Bonchev–Trinajstić information content (AvgIpc) is 3.05. The molecule has 0 saturated carbocycles. The Morgan fingerprint density at radius 2 is 1.96 bits per heavy atom. The second-order valence-electron chi connectivity index (χ2n) is 7.10. The summed E-state index contributed by atoms with van der Waals surface area (Å²) in [5.41, 5.74) is 4.08. The van der Waals surface area contributed by atoms with Crippen LogP contribution >= 0.6 is 15.9 Å². The Bertz CT molecular complexity index is 909. The molecule has 0 bridgehead atoms. The van der Waals surface area contributed by atoms with Crippen LogP contribution in [0.1, 0.15) is 49.7 Å². The molecule has 2 aromatic rings. The lowest BCUT2D eigenvalue weighted by Gasteiger charge is -2.37. The molecule has 1 saturated heterocycles. The Balaban J connectivity index is 1.61. The first-order chi connectivity index (χ1) is 13.0. The predicted octanol–water partition coefficient (Wildman–Crippen LogP) is 3.42. The maximum atomic E-state index is 12.9. The Kier molecular flexibility index (Phi) is 4.78. The van der Waals surface area contributed by atoms with Crippen molar-refractivity contribution in [3.05, 3.63) is 68.7 Å². The molecule has 2 atom stereocenters. The number of ether oxygens (including phenoxy) is 1. The summed E-state index contributed by atoms with van der Waals surface area (Å²) in [5, 5.41) is 10.6. The number of piperidine rings is 1. The standard InChI is InChI=1S/C21H20BrNO4/c1-12-15(6-7-16-18(12)11-27-21(16)26)17-10-23(9-8-19(17)24)20(25)13-2-4-14(22)5-3-13/h2-7,17,19,24H,8-11H2,1H3/t17-,19+/m0/s1. The molecule has 1 amide bonds. The quantitative estimate of drug-likeness (QED) is 0.742. The fourth-order valence-corrected chi connectivity index (χ4v) is 4.24. The number of aliphatic hydroxyl groups excluding tert-OH is 1. The molecule has 2 heterocycles. The van der Waals surface area contributed by atoms with Gasteiger partial charge in [0, 0.05) is 34.6 Å². The summed E-state index contributed by atoms with van der Waals surface area (Å²) in [6.45, 7) is 3.21. The van der Waals surface area contributed by atoms with Crippen molar-refractivity contribution in [2.45, 2.75) is 32.0 Å². The fourth-order valence-electron chi connectivity index (χ4n) is 3.97. The second kappa shape index (κ2) is 7.09. The zero-order valence-corrected chi connectivity index (χ0v) is 16.5. The van der Waals surface area contributed by atoms with E-state index in [-0.39, 0.29) is 24.4 Å². The number of aliphatic hydroxyl groups is 1. The molecule has 5 nitrogen and oxygen atoms in total. The van der Waals surface area contributed by atoms with E-state index in [9.17, 15) is 14.7 Å². The Labute approximate surface area is 166 Å². The minimum atomic E-state index is -0.520. The lowest BCUT2D eigenvalue weighted by Crippen LogP contribution is -2.45. The van der Waals surface area contributed by atoms with Gasteiger partial charge in [-0.25, -0.2) is 4.79 Å². The Morgan fingerprint density at radius 1 is 1.22 bits per heavy atom. The SMILES string of the molecule is Cc1c([C@@H]2CN(C(=O)c3ccc(Br)cc3)CC[C@H]2O)ccc2c1COC2=O. The first-order valence-electron chi connectivity index (χ1n) is 8.98. The van der Waals surface area contributed by atoms with Crippen LogP contribution in [0.4, 0.5) is 0 Å². The highest BCUT2D eigenvalue weighted by molar-refractivity contribution is 9.10. The van der Waals surface area contributed by atoms with Crippen molar-refractivity contribution in [2.75, 3.05) is 13.1 Å². The van der Waals surface area contributed by atoms with Crippen molar-refractivity contribution in [1.82, 2.24) is 4.90 Å². The highest BCUT2D eigenvalue weighted by Crippen LogP contribution is 2.34. The molecule has 4 rings (SSSR count). The van der Waals surface area contributed by atoms with Gasteiger partial charge in [0.05, 0.1) is 11.7 Å². The molecule has 2 aliphatic heterocycles. The van der Waals surface area contributed by atoms with Crippen LogP contribution in [-0.2, 0) is 11.3 Å². The van der Waals surface area contributed by atoms with E-state index in [0.29, 0.717) is 30.6 Å². The van der Waals surface area contributed by atoms with E-state index in [4.69, 9.17) is 4.74 Å². The van der Waals surface area contributed by atoms with Crippen LogP contribution in [0.2, 0.25) is 0 Å². The van der Waals surface area contributed by atoms with Crippen molar-refractivity contribution >= 4 is 27.8 Å². The van der Waals surface area contributed by atoms with Crippen LogP contribution < -0.4 is 0 Å². The molecule has 1 fully saturated rings. The van der Waals surface area contributed by atoms with Crippen LogP contribution in [0.15, 0.2) is 40.9 Å². The van der Waals surface area contributed by atoms with Gasteiger partial charge in [-0.15, -0.1) is 0 Å². The van der Waals surface area contributed by atoms with Gasteiger partial charge in [-0.3, -0.25) is 4.79 Å². The molecule has 0 unspecified atom stereocenters. The number of hydrogen-bond acceptors (Lipinski definition) is 4. The smallest absolute Gasteiger partial charge is 0.338 e. The molecule has 1 N–H and O–H groups in total. The summed E-state index contributed by atoms with van der Waals surface area (Å²) in [5.74, 6) is -0.508. The molecule has 0 radical (unpaired) electrons. The Hall–Kier alpha value is -2.18. The molecule has 0 aromatic heterocycles. The number of likely N-dealkylation sites (tertiary alicyclic amines) is 1. The largest absolute Gasteiger partial charge is 0.457 e. The third kappa shape index (κ3) is 3.28. The third-order valence-corrected chi connectivity index (χ3v) is 6.09. The van der Waals surface area contributed by atoms with Crippen molar-refractivity contribution in [3.8, 4) is 0 Å². The van der Waals surface area contributed by atoms with Crippen LogP contribution in [0, 0.1) is 6.92 Å². The molecule has 0 aliphatic carbocycles. The van der Waals surface area contributed by atoms with E-state index in [1.165, 1.54) is 0 Å². The van der Waals surface area contributed by atoms with Gasteiger partial charge in [-0.1, -0.05) is 22.0 Å². The van der Waals surface area contributed by atoms with E-state index in [1.54, 1.807) is 23.1 Å². The van der Waals surface area contributed by atoms with Crippen LogP contribution in [-0.4, -0.2) is 41.1 Å². The second-order valence-corrected chi connectivity index (χ2v) is 8.02. The van der Waals surface area contributed by atoms with Gasteiger partial charge >= 0.3 is 5.97 Å². The van der Waals surface area contributed by atoms with Gasteiger partial charge < -0.3 is 14.7 Å². The molecule has 2 aliphatic rings. The number of fused-ring (bicyclic) bond motifs is 1. The summed E-state index contributed by atoms with van der Waals surface area (Å²) in [4.78, 5) is 26.4. The van der Waals surface area contributed by atoms with Crippen LogP contribution in [0.3, 0.4) is 0 Å². The number of esters is 1. The molecule has 6 heteroatoms. The van der Waals surface area contributed by atoms with Crippen molar-refractivity contribution in [2.24, 2.45) is 0 Å².